The minimum atomic E-state index is -0.415. The summed E-state index contributed by atoms with van der Waals surface area (Å²) >= 11 is 0. The highest BCUT2D eigenvalue weighted by Gasteiger charge is 2.22. The minimum absolute atomic E-state index is 0.241. The van der Waals surface area contributed by atoms with Gasteiger partial charge in [0.25, 0.3) is 5.56 Å². The first-order valence-electron chi connectivity index (χ1n) is 11.4. The average molecular weight is 469 g/mol. The van der Waals surface area contributed by atoms with Gasteiger partial charge in [0.15, 0.2) is 0 Å². The van der Waals surface area contributed by atoms with Gasteiger partial charge in [-0.2, -0.15) is 5.10 Å². The number of nitrogens with one attached hydrogen (secondary N) is 1. The van der Waals surface area contributed by atoms with E-state index in [9.17, 15) is 14.0 Å². The van der Waals surface area contributed by atoms with Crippen molar-refractivity contribution < 1.29 is 9.18 Å². The third-order valence-corrected chi connectivity index (χ3v) is 6.27. The van der Waals surface area contributed by atoms with Gasteiger partial charge in [-0.25, -0.2) is 9.07 Å². The van der Waals surface area contributed by atoms with Crippen molar-refractivity contribution in [2.75, 3.05) is 5.32 Å². The van der Waals surface area contributed by atoms with E-state index in [1.54, 1.807) is 12.3 Å². The van der Waals surface area contributed by atoms with Crippen LogP contribution in [-0.2, 0) is 17.9 Å². The number of hydrogen-bond acceptors (Lipinski definition) is 3. The lowest BCUT2D eigenvalue weighted by molar-refractivity contribution is -0.116. The Bertz CT molecular complexity index is 1620. The second kappa shape index (κ2) is 8.83. The van der Waals surface area contributed by atoms with Crippen LogP contribution in [-0.4, -0.2) is 20.3 Å². The van der Waals surface area contributed by atoms with Crippen molar-refractivity contribution in [1.82, 2.24) is 14.3 Å². The van der Waals surface area contributed by atoms with Gasteiger partial charge >= 0.3 is 0 Å². The molecule has 1 amide bonds. The molecule has 0 aliphatic carbocycles. The fourth-order valence-electron chi connectivity index (χ4n) is 4.35. The molecule has 2 heterocycles. The fraction of sp³-hybridized carbons (Fsp3) is 0.179. The molecule has 3 aromatic rings. The first-order valence-corrected chi connectivity index (χ1v) is 11.4. The minimum Gasteiger partial charge on any atom is -0.342 e. The summed E-state index contributed by atoms with van der Waals surface area (Å²) in [5.74, 6) is -0.775. The quantitative estimate of drug-likeness (QED) is 0.392. The van der Waals surface area contributed by atoms with Crippen LogP contribution in [0.25, 0.3) is 22.2 Å². The van der Waals surface area contributed by atoms with E-state index in [4.69, 9.17) is 0 Å². The Morgan fingerprint density at radius 1 is 1.00 bits per heavy atom. The predicted molar refractivity (Wildman–Crippen MR) is 135 cm³/mol. The Balaban J connectivity index is 1.54. The van der Waals surface area contributed by atoms with Crippen LogP contribution in [0, 0.1) is 26.6 Å². The number of amides is 1. The van der Waals surface area contributed by atoms with E-state index in [1.165, 1.54) is 12.1 Å². The zero-order chi connectivity index (χ0) is 24.7. The molecular weight excluding hydrogens is 443 g/mol. The summed E-state index contributed by atoms with van der Waals surface area (Å²) in [6.07, 6.45) is 1.74. The number of carbonyl (C=O) groups is 1. The van der Waals surface area contributed by atoms with Crippen LogP contribution < -0.4 is 10.9 Å². The van der Waals surface area contributed by atoms with Gasteiger partial charge in [-0.1, -0.05) is 35.9 Å². The van der Waals surface area contributed by atoms with E-state index in [0.29, 0.717) is 28.9 Å². The number of nitrogens with zero attached hydrogens (tertiary/aromatic N) is 3. The first kappa shape index (κ1) is 22.5. The summed E-state index contributed by atoms with van der Waals surface area (Å²) in [5.41, 5.74) is 6.12. The predicted octanol–water partition coefficient (Wildman–Crippen LogP) is 5.05. The Morgan fingerprint density at radius 3 is 2.60 bits per heavy atom. The van der Waals surface area contributed by atoms with Gasteiger partial charge in [0.1, 0.15) is 18.1 Å². The highest BCUT2D eigenvalue weighted by atomic mass is 19.1. The van der Waals surface area contributed by atoms with E-state index < -0.39 is 5.82 Å². The van der Waals surface area contributed by atoms with Gasteiger partial charge < -0.3 is 9.88 Å². The maximum atomic E-state index is 14.2. The van der Waals surface area contributed by atoms with Crippen molar-refractivity contribution in [3.63, 3.8) is 0 Å². The summed E-state index contributed by atoms with van der Waals surface area (Å²) in [6.45, 7) is 6.26. The second-order valence-corrected chi connectivity index (χ2v) is 8.98. The molecule has 0 aromatic heterocycles. The van der Waals surface area contributed by atoms with Gasteiger partial charge in [-0.05, 0) is 67.8 Å². The number of benzene rings is 3. The molecule has 2 aliphatic heterocycles. The van der Waals surface area contributed by atoms with Crippen molar-refractivity contribution in [3.8, 4) is 11.3 Å². The summed E-state index contributed by atoms with van der Waals surface area (Å²) in [6, 6.07) is 18.2. The lowest BCUT2D eigenvalue weighted by Gasteiger charge is -2.14. The maximum absolute atomic E-state index is 14.2. The van der Waals surface area contributed by atoms with Gasteiger partial charge in [0.2, 0.25) is 5.91 Å². The monoisotopic (exact) mass is 468 g/mol. The second-order valence-electron chi connectivity index (χ2n) is 8.98. The summed E-state index contributed by atoms with van der Waals surface area (Å²) in [7, 11) is 0. The Morgan fingerprint density at radius 2 is 1.83 bits per heavy atom. The van der Waals surface area contributed by atoms with Crippen LogP contribution in [0.3, 0.4) is 0 Å². The molecule has 7 heteroatoms. The number of aryl methyl sites for hydroxylation is 3. The molecule has 5 rings (SSSR count). The largest absolute Gasteiger partial charge is 0.342 e. The topological polar surface area (TPSA) is 68.9 Å². The number of anilines is 1. The van der Waals surface area contributed by atoms with Gasteiger partial charge in [-0.3, -0.25) is 9.59 Å². The molecule has 6 nitrogen and oxygen atoms in total. The van der Waals surface area contributed by atoms with Crippen LogP contribution in [0.4, 0.5) is 10.1 Å². The number of halogens is 1. The van der Waals surface area contributed by atoms with Crippen LogP contribution in [0.2, 0.25) is 0 Å². The summed E-state index contributed by atoms with van der Waals surface area (Å²) < 4.78 is 17.3. The lowest BCUT2D eigenvalue weighted by atomic mass is 10.1. The van der Waals surface area contributed by atoms with Crippen molar-refractivity contribution in [2.45, 2.75) is 33.9 Å². The van der Waals surface area contributed by atoms with E-state index in [2.05, 4.69) is 16.5 Å². The zero-order valence-electron chi connectivity index (χ0n) is 19.8. The molecule has 2 aliphatic rings. The summed E-state index contributed by atoms with van der Waals surface area (Å²) in [4.78, 5) is 25.9. The third kappa shape index (κ3) is 4.45. The van der Waals surface area contributed by atoms with Crippen molar-refractivity contribution in [3.05, 3.63) is 105 Å². The molecule has 0 spiro atoms. The standard InChI is InChI=1S/C28H25FN4O2/c1-17-5-4-6-20(11-17)14-32-15-24-27(23-13-21(29)8-10-25(23)32)31-33(28(24)35)16-26(34)30-22-9-7-18(2)19(3)12-22/h4-13,15H,14,16H2,1-3H3,(H,30,34). The van der Waals surface area contributed by atoms with E-state index in [0.717, 1.165) is 32.5 Å². The van der Waals surface area contributed by atoms with Gasteiger partial charge in [-0.15, -0.1) is 0 Å². The molecule has 3 aromatic carbocycles. The highest BCUT2D eigenvalue weighted by Crippen LogP contribution is 2.29. The van der Waals surface area contributed by atoms with Gasteiger partial charge in [0.05, 0.1) is 11.1 Å². The van der Waals surface area contributed by atoms with Crippen molar-refractivity contribution in [1.29, 1.82) is 0 Å². The number of carbonyl (C=O) groups excluding carboxylic acids is 1. The smallest absolute Gasteiger partial charge is 0.278 e. The average Bonchev–Trinajstić information content (AvgIpc) is 3.11. The van der Waals surface area contributed by atoms with Crippen LogP contribution in [0.5, 0.6) is 0 Å². The first-order chi connectivity index (χ1) is 16.8. The zero-order valence-corrected chi connectivity index (χ0v) is 19.8. The van der Waals surface area contributed by atoms with Crippen LogP contribution >= 0.6 is 0 Å². The molecule has 0 bridgehead atoms. The molecule has 1 N–H and O–H groups in total. The maximum Gasteiger partial charge on any atom is 0.278 e. The number of hydrogen-bond donors (Lipinski definition) is 1. The Labute approximate surface area is 202 Å². The molecule has 0 saturated carbocycles. The molecule has 35 heavy (non-hydrogen) atoms. The van der Waals surface area contributed by atoms with Crippen LogP contribution in [0.15, 0.2) is 71.7 Å². The number of rotatable bonds is 5. The van der Waals surface area contributed by atoms with E-state index in [-0.39, 0.29) is 18.0 Å². The van der Waals surface area contributed by atoms with Crippen LogP contribution in [0.1, 0.15) is 22.3 Å². The Hall–Kier alpha value is -4.26. The lowest BCUT2D eigenvalue weighted by Crippen LogP contribution is -2.26. The Kier molecular flexibility index (Phi) is 5.68. The summed E-state index contributed by atoms with van der Waals surface area (Å²) in [5, 5.41) is 7.77. The number of aromatic nitrogens is 3. The normalized spacial score (nSPS) is 11.3. The fourth-order valence-corrected chi connectivity index (χ4v) is 4.35. The molecule has 0 atom stereocenters. The molecular formula is C28H25FN4O2. The molecule has 0 radical (unpaired) electrons. The van der Waals surface area contributed by atoms with Crippen molar-refractivity contribution in [2.24, 2.45) is 0 Å². The highest BCUT2D eigenvalue weighted by molar-refractivity contribution is 5.94. The molecule has 176 valence electrons. The SMILES string of the molecule is Cc1cccc(Cn2cc3c(=O)n(CC(=O)Nc4ccc(C)c(C)c4)nc-3c3cc(F)ccc32)c1. The number of fused-ring (bicyclic) bond motifs is 3. The van der Waals surface area contributed by atoms with E-state index >= 15 is 0 Å². The molecule has 0 unspecified atom stereocenters. The third-order valence-electron chi connectivity index (χ3n) is 6.27. The van der Waals surface area contributed by atoms with E-state index in [1.807, 2.05) is 61.7 Å². The number of pyridine rings is 1. The van der Waals surface area contributed by atoms with Crippen molar-refractivity contribution >= 4 is 22.5 Å². The van der Waals surface area contributed by atoms with Gasteiger partial charge in [0, 0.05) is 23.8 Å². The molecule has 0 saturated heterocycles. The molecule has 0 fully saturated rings.